The van der Waals surface area contributed by atoms with Gasteiger partial charge in [0.1, 0.15) is 0 Å². The number of rotatable bonds is 6. The van der Waals surface area contributed by atoms with Crippen molar-refractivity contribution in [3.05, 3.63) is 0 Å². The molecule has 3 nitrogen and oxygen atoms in total. The molecule has 0 aromatic carbocycles. The number of nitrogens with two attached hydrogens (primary N) is 1. The first-order chi connectivity index (χ1) is 8.27. The highest BCUT2D eigenvalue weighted by Gasteiger charge is 2.32. The van der Waals surface area contributed by atoms with E-state index in [4.69, 9.17) is 5.73 Å². The average Bonchev–Trinajstić information content (AvgIpc) is 2.80. The number of amides is 1. The second-order valence-corrected chi connectivity index (χ2v) is 7.29. The van der Waals surface area contributed by atoms with E-state index < -0.39 is 0 Å². The molecule has 0 aromatic rings. The molecule has 1 aliphatic carbocycles. The van der Waals surface area contributed by atoms with E-state index in [2.05, 4.69) is 19.2 Å². The van der Waals surface area contributed by atoms with Crippen molar-refractivity contribution < 1.29 is 4.79 Å². The van der Waals surface area contributed by atoms with Gasteiger partial charge in [0.05, 0.1) is 0 Å². The average molecular weight is 254 g/mol. The molecule has 3 heteroatoms. The lowest BCUT2D eigenvalue weighted by Crippen LogP contribution is -2.40. The monoisotopic (exact) mass is 254 g/mol. The molecular formula is C15H30N2O. The van der Waals surface area contributed by atoms with Gasteiger partial charge in [0.2, 0.25) is 5.91 Å². The molecule has 0 atom stereocenters. The molecule has 0 heterocycles. The Morgan fingerprint density at radius 1 is 1.22 bits per heavy atom. The second-order valence-electron chi connectivity index (χ2n) is 7.29. The number of hydrogen-bond acceptors (Lipinski definition) is 2. The summed E-state index contributed by atoms with van der Waals surface area (Å²) >= 11 is 0. The van der Waals surface area contributed by atoms with E-state index in [1.807, 2.05) is 13.8 Å². The molecule has 0 saturated heterocycles. The fourth-order valence-electron chi connectivity index (χ4n) is 2.75. The SMILES string of the molecule is CC(C)(CN)CC(=O)NCC(C)(C)C1CCCC1. The first-order valence-corrected chi connectivity index (χ1v) is 7.24. The Morgan fingerprint density at radius 2 is 1.78 bits per heavy atom. The van der Waals surface area contributed by atoms with Gasteiger partial charge >= 0.3 is 0 Å². The van der Waals surface area contributed by atoms with Crippen LogP contribution in [0.5, 0.6) is 0 Å². The first-order valence-electron chi connectivity index (χ1n) is 7.24. The van der Waals surface area contributed by atoms with Gasteiger partial charge in [-0.3, -0.25) is 4.79 Å². The van der Waals surface area contributed by atoms with E-state index in [1.54, 1.807) is 0 Å². The van der Waals surface area contributed by atoms with Crippen molar-refractivity contribution in [1.82, 2.24) is 5.32 Å². The number of hydrogen-bond donors (Lipinski definition) is 2. The van der Waals surface area contributed by atoms with Crippen molar-refractivity contribution in [1.29, 1.82) is 0 Å². The molecule has 106 valence electrons. The topological polar surface area (TPSA) is 55.1 Å². The van der Waals surface area contributed by atoms with E-state index in [9.17, 15) is 4.79 Å². The summed E-state index contributed by atoms with van der Waals surface area (Å²) in [6.07, 6.45) is 5.85. The maximum atomic E-state index is 11.9. The normalized spacial score (nSPS) is 18.1. The first kappa shape index (κ1) is 15.5. The molecule has 0 bridgehead atoms. The lowest BCUT2D eigenvalue weighted by Gasteiger charge is -2.32. The summed E-state index contributed by atoms with van der Waals surface area (Å²) in [5.74, 6) is 0.900. The smallest absolute Gasteiger partial charge is 0.220 e. The predicted octanol–water partition coefficient (Wildman–Crippen LogP) is 2.69. The van der Waals surface area contributed by atoms with Gasteiger partial charge in [0, 0.05) is 13.0 Å². The largest absolute Gasteiger partial charge is 0.356 e. The Hall–Kier alpha value is -0.570. The van der Waals surface area contributed by atoms with Crippen molar-refractivity contribution in [2.45, 2.75) is 59.8 Å². The lowest BCUT2D eigenvalue weighted by atomic mass is 9.77. The third-order valence-electron chi connectivity index (χ3n) is 4.39. The molecule has 3 N–H and O–H groups in total. The summed E-state index contributed by atoms with van der Waals surface area (Å²) < 4.78 is 0. The summed E-state index contributed by atoms with van der Waals surface area (Å²) in [5, 5.41) is 3.10. The van der Waals surface area contributed by atoms with Gasteiger partial charge in [-0.2, -0.15) is 0 Å². The molecule has 1 aliphatic rings. The van der Waals surface area contributed by atoms with Crippen LogP contribution >= 0.6 is 0 Å². The van der Waals surface area contributed by atoms with E-state index in [-0.39, 0.29) is 16.7 Å². The molecule has 1 saturated carbocycles. The minimum absolute atomic E-state index is 0.0957. The Balaban J connectivity index is 2.37. The third kappa shape index (κ3) is 4.60. The highest BCUT2D eigenvalue weighted by Crippen LogP contribution is 2.39. The molecule has 1 amide bonds. The van der Waals surface area contributed by atoms with Crippen LogP contribution in [0.4, 0.5) is 0 Å². The van der Waals surface area contributed by atoms with Gasteiger partial charge in [-0.15, -0.1) is 0 Å². The van der Waals surface area contributed by atoms with Crippen LogP contribution in [0.1, 0.15) is 59.8 Å². The lowest BCUT2D eigenvalue weighted by molar-refractivity contribution is -0.123. The third-order valence-corrected chi connectivity index (χ3v) is 4.39. The standard InChI is InChI=1S/C15H30N2O/c1-14(2,10-16)9-13(18)17-11-15(3,4)12-7-5-6-8-12/h12H,5-11,16H2,1-4H3,(H,17,18). The minimum Gasteiger partial charge on any atom is -0.356 e. The molecule has 0 spiro atoms. The van der Waals surface area contributed by atoms with Gasteiger partial charge in [0.25, 0.3) is 0 Å². The number of nitrogens with one attached hydrogen (secondary N) is 1. The van der Waals surface area contributed by atoms with Crippen LogP contribution in [-0.2, 0) is 4.79 Å². The zero-order valence-corrected chi connectivity index (χ0v) is 12.5. The summed E-state index contributed by atoms with van der Waals surface area (Å²) in [5.41, 5.74) is 5.78. The summed E-state index contributed by atoms with van der Waals surface area (Å²) in [6.45, 7) is 9.96. The van der Waals surface area contributed by atoms with Gasteiger partial charge in [-0.1, -0.05) is 40.5 Å². The van der Waals surface area contributed by atoms with E-state index in [0.29, 0.717) is 13.0 Å². The highest BCUT2D eigenvalue weighted by atomic mass is 16.1. The molecule has 0 unspecified atom stereocenters. The molecule has 1 rings (SSSR count). The fourth-order valence-corrected chi connectivity index (χ4v) is 2.75. The minimum atomic E-state index is -0.0957. The van der Waals surface area contributed by atoms with E-state index >= 15 is 0 Å². The van der Waals surface area contributed by atoms with Crippen LogP contribution in [0.2, 0.25) is 0 Å². The number of carbonyl (C=O) groups is 1. The zero-order chi connectivity index (χ0) is 13.8. The van der Waals surface area contributed by atoms with Crippen LogP contribution in [0.25, 0.3) is 0 Å². The molecule has 1 fully saturated rings. The Bertz CT molecular complexity index is 278. The van der Waals surface area contributed by atoms with Crippen LogP contribution in [0.15, 0.2) is 0 Å². The molecule has 0 aliphatic heterocycles. The van der Waals surface area contributed by atoms with Crippen molar-refractivity contribution in [2.75, 3.05) is 13.1 Å². The Labute approximate surface area is 112 Å². The van der Waals surface area contributed by atoms with Crippen LogP contribution in [-0.4, -0.2) is 19.0 Å². The Kier molecular flexibility index (Phi) is 5.20. The quantitative estimate of drug-likeness (QED) is 0.765. The summed E-state index contributed by atoms with van der Waals surface area (Å²) in [7, 11) is 0. The van der Waals surface area contributed by atoms with Crippen molar-refractivity contribution >= 4 is 5.91 Å². The van der Waals surface area contributed by atoms with Crippen LogP contribution < -0.4 is 11.1 Å². The number of carbonyl (C=O) groups excluding carboxylic acids is 1. The fraction of sp³-hybridized carbons (Fsp3) is 0.933. The van der Waals surface area contributed by atoms with E-state index in [0.717, 1.165) is 12.5 Å². The molecule has 18 heavy (non-hydrogen) atoms. The van der Waals surface area contributed by atoms with Gasteiger partial charge in [-0.05, 0) is 36.1 Å². The molecule has 0 aromatic heterocycles. The van der Waals surface area contributed by atoms with Crippen LogP contribution in [0.3, 0.4) is 0 Å². The van der Waals surface area contributed by atoms with Crippen molar-refractivity contribution in [3.8, 4) is 0 Å². The van der Waals surface area contributed by atoms with Gasteiger partial charge in [-0.25, -0.2) is 0 Å². The summed E-state index contributed by atoms with van der Waals surface area (Å²) in [6, 6.07) is 0. The summed E-state index contributed by atoms with van der Waals surface area (Å²) in [4.78, 5) is 11.9. The van der Waals surface area contributed by atoms with E-state index in [1.165, 1.54) is 25.7 Å². The molecular weight excluding hydrogens is 224 g/mol. The predicted molar refractivity (Wildman–Crippen MR) is 76.2 cm³/mol. The molecule has 0 radical (unpaired) electrons. The van der Waals surface area contributed by atoms with Crippen molar-refractivity contribution in [2.24, 2.45) is 22.5 Å². The zero-order valence-electron chi connectivity index (χ0n) is 12.5. The van der Waals surface area contributed by atoms with Gasteiger partial charge < -0.3 is 11.1 Å². The van der Waals surface area contributed by atoms with Crippen molar-refractivity contribution in [3.63, 3.8) is 0 Å². The maximum absolute atomic E-state index is 11.9. The van der Waals surface area contributed by atoms with Crippen LogP contribution in [0, 0.1) is 16.7 Å². The maximum Gasteiger partial charge on any atom is 0.220 e. The Morgan fingerprint density at radius 3 is 2.28 bits per heavy atom. The second kappa shape index (κ2) is 6.05. The van der Waals surface area contributed by atoms with Gasteiger partial charge in [0.15, 0.2) is 0 Å². The highest BCUT2D eigenvalue weighted by molar-refractivity contribution is 5.76.